The fourth-order valence-corrected chi connectivity index (χ4v) is 4.68. The Hall–Kier alpha value is -0.0800. The zero-order valence-electron chi connectivity index (χ0n) is 14.4. The minimum Gasteiger partial charge on any atom is -0.330 e. The summed E-state index contributed by atoms with van der Waals surface area (Å²) in [5, 5.41) is 0. The monoisotopic (exact) mass is 280 g/mol. The van der Waals surface area contributed by atoms with E-state index in [9.17, 15) is 0 Å². The molecular formula is C18H36N2. The summed E-state index contributed by atoms with van der Waals surface area (Å²) in [5.74, 6) is 2.47. The molecule has 1 saturated heterocycles. The van der Waals surface area contributed by atoms with Gasteiger partial charge in [-0.3, -0.25) is 4.90 Å². The second-order valence-corrected chi connectivity index (χ2v) is 8.30. The van der Waals surface area contributed by atoms with Crippen LogP contribution in [0.2, 0.25) is 0 Å². The van der Waals surface area contributed by atoms with E-state index in [1.807, 2.05) is 0 Å². The lowest BCUT2D eigenvalue weighted by Gasteiger charge is -2.47. The summed E-state index contributed by atoms with van der Waals surface area (Å²) < 4.78 is 0. The third-order valence-corrected chi connectivity index (χ3v) is 6.53. The van der Waals surface area contributed by atoms with Gasteiger partial charge in [-0.1, -0.05) is 34.1 Å². The highest BCUT2D eigenvalue weighted by atomic mass is 15.2. The van der Waals surface area contributed by atoms with Crippen molar-refractivity contribution in [2.75, 3.05) is 13.1 Å². The van der Waals surface area contributed by atoms with Crippen LogP contribution in [0.25, 0.3) is 0 Å². The zero-order chi connectivity index (χ0) is 14.9. The molecule has 5 unspecified atom stereocenters. The molecule has 1 aliphatic carbocycles. The van der Waals surface area contributed by atoms with Crippen molar-refractivity contribution in [1.29, 1.82) is 0 Å². The smallest absolute Gasteiger partial charge is 0.0141 e. The van der Waals surface area contributed by atoms with Crippen LogP contribution in [0.5, 0.6) is 0 Å². The van der Waals surface area contributed by atoms with Gasteiger partial charge in [0.15, 0.2) is 0 Å². The first-order valence-corrected chi connectivity index (χ1v) is 8.84. The lowest BCUT2D eigenvalue weighted by Crippen LogP contribution is -2.50. The summed E-state index contributed by atoms with van der Waals surface area (Å²) in [7, 11) is 0. The molecule has 2 aliphatic rings. The zero-order valence-corrected chi connectivity index (χ0v) is 14.4. The molecule has 2 heteroatoms. The second-order valence-electron chi connectivity index (χ2n) is 8.30. The van der Waals surface area contributed by atoms with Crippen molar-refractivity contribution in [3.05, 3.63) is 0 Å². The molecule has 0 bridgehead atoms. The van der Waals surface area contributed by atoms with Gasteiger partial charge in [0.2, 0.25) is 0 Å². The maximum atomic E-state index is 6.10. The topological polar surface area (TPSA) is 29.3 Å². The first-order chi connectivity index (χ1) is 9.39. The fraction of sp³-hybridized carbons (Fsp3) is 1.00. The number of likely N-dealkylation sites (tertiary alicyclic amines) is 1. The lowest BCUT2D eigenvalue weighted by molar-refractivity contribution is 0.0332. The molecule has 2 fully saturated rings. The number of nitrogens with two attached hydrogens (primary N) is 1. The van der Waals surface area contributed by atoms with Crippen LogP contribution in [-0.4, -0.2) is 30.1 Å². The van der Waals surface area contributed by atoms with Crippen LogP contribution in [-0.2, 0) is 0 Å². The number of nitrogens with zero attached hydrogens (tertiary/aromatic N) is 1. The lowest BCUT2D eigenvalue weighted by atomic mass is 9.65. The van der Waals surface area contributed by atoms with Gasteiger partial charge in [-0.15, -0.1) is 0 Å². The van der Waals surface area contributed by atoms with Gasteiger partial charge < -0.3 is 5.73 Å². The Bertz CT molecular complexity index is 313. The van der Waals surface area contributed by atoms with Crippen molar-refractivity contribution in [2.24, 2.45) is 28.9 Å². The second kappa shape index (κ2) is 6.36. The standard InChI is InChI=1S/C18H36N2/c1-6-18(4,5)16-8-7-15(11-19)17(10-16)20-12-13(2)9-14(20)3/h13-17H,6-12,19H2,1-5H3. The molecule has 2 N–H and O–H groups in total. The molecule has 0 aromatic rings. The van der Waals surface area contributed by atoms with Crippen LogP contribution in [0.15, 0.2) is 0 Å². The molecular weight excluding hydrogens is 244 g/mol. The van der Waals surface area contributed by atoms with Crippen LogP contribution < -0.4 is 5.73 Å². The Labute approximate surface area is 126 Å². The van der Waals surface area contributed by atoms with Crippen molar-refractivity contribution in [1.82, 2.24) is 4.90 Å². The normalized spacial score (nSPS) is 40.2. The summed E-state index contributed by atoms with van der Waals surface area (Å²) in [4.78, 5) is 2.81. The summed E-state index contributed by atoms with van der Waals surface area (Å²) in [5.41, 5.74) is 6.59. The Balaban J connectivity index is 2.11. The molecule has 2 nitrogen and oxygen atoms in total. The van der Waals surface area contributed by atoms with Crippen LogP contribution in [0.1, 0.15) is 66.7 Å². The van der Waals surface area contributed by atoms with E-state index < -0.39 is 0 Å². The van der Waals surface area contributed by atoms with Crippen LogP contribution in [0.3, 0.4) is 0 Å². The van der Waals surface area contributed by atoms with E-state index in [1.165, 1.54) is 38.6 Å². The van der Waals surface area contributed by atoms with E-state index in [2.05, 4.69) is 39.5 Å². The number of hydrogen-bond acceptors (Lipinski definition) is 2. The molecule has 0 spiro atoms. The molecule has 0 amide bonds. The van der Waals surface area contributed by atoms with Crippen molar-refractivity contribution < 1.29 is 0 Å². The third kappa shape index (κ3) is 3.22. The van der Waals surface area contributed by atoms with Crippen molar-refractivity contribution in [2.45, 2.75) is 78.8 Å². The first kappa shape index (κ1) is 16.3. The molecule has 0 radical (unpaired) electrons. The van der Waals surface area contributed by atoms with Crippen LogP contribution in [0.4, 0.5) is 0 Å². The molecule has 0 aromatic heterocycles. The minimum absolute atomic E-state index is 0.492. The van der Waals surface area contributed by atoms with Gasteiger partial charge >= 0.3 is 0 Å². The van der Waals surface area contributed by atoms with E-state index in [0.29, 0.717) is 5.41 Å². The third-order valence-electron chi connectivity index (χ3n) is 6.53. The highest BCUT2D eigenvalue weighted by Crippen LogP contribution is 2.44. The van der Waals surface area contributed by atoms with E-state index >= 15 is 0 Å². The van der Waals surface area contributed by atoms with E-state index in [0.717, 1.165) is 36.4 Å². The first-order valence-electron chi connectivity index (χ1n) is 8.84. The van der Waals surface area contributed by atoms with Crippen LogP contribution in [0, 0.1) is 23.2 Å². The average molecular weight is 280 g/mol. The van der Waals surface area contributed by atoms with Crippen molar-refractivity contribution in [3.63, 3.8) is 0 Å². The van der Waals surface area contributed by atoms with Gasteiger partial charge in [0.25, 0.3) is 0 Å². The molecule has 2 rings (SSSR count). The van der Waals surface area contributed by atoms with Gasteiger partial charge in [0.1, 0.15) is 0 Å². The van der Waals surface area contributed by atoms with Crippen molar-refractivity contribution in [3.8, 4) is 0 Å². The minimum atomic E-state index is 0.492. The SMILES string of the molecule is CCC(C)(C)C1CCC(CN)C(N2CC(C)CC2C)C1. The van der Waals surface area contributed by atoms with Gasteiger partial charge in [0.05, 0.1) is 0 Å². The quantitative estimate of drug-likeness (QED) is 0.846. The summed E-state index contributed by atoms with van der Waals surface area (Å²) in [6, 6.07) is 1.50. The maximum Gasteiger partial charge on any atom is 0.0141 e. The van der Waals surface area contributed by atoms with E-state index in [1.54, 1.807) is 0 Å². The van der Waals surface area contributed by atoms with Gasteiger partial charge in [0, 0.05) is 18.6 Å². The summed E-state index contributed by atoms with van der Waals surface area (Å²) in [6.07, 6.45) is 6.77. The van der Waals surface area contributed by atoms with E-state index in [-0.39, 0.29) is 0 Å². The molecule has 1 heterocycles. The summed E-state index contributed by atoms with van der Waals surface area (Å²) >= 11 is 0. The molecule has 5 atom stereocenters. The molecule has 20 heavy (non-hydrogen) atoms. The summed E-state index contributed by atoms with van der Waals surface area (Å²) in [6.45, 7) is 14.3. The Morgan fingerprint density at radius 3 is 2.35 bits per heavy atom. The van der Waals surface area contributed by atoms with Crippen molar-refractivity contribution >= 4 is 0 Å². The maximum absolute atomic E-state index is 6.10. The van der Waals surface area contributed by atoms with Crippen LogP contribution >= 0.6 is 0 Å². The number of hydrogen-bond donors (Lipinski definition) is 1. The number of rotatable bonds is 4. The Kier molecular flexibility index (Phi) is 5.18. The Morgan fingerprint density at radius 1 is 1.15 bits per heavy atom. The Morgan fingerprint density at radius 2 is 1.85 bits per heavy atom. The predicted molar refractivity (Wildman–Crippen MR) is 87.7 cm³/mol. The van der Waals surface area contributed by atoms with Gasteiger partial charge in [-0.25, -0.2) is 0 Å². The molecule has 0 aromatic carbocycles. The van der Waals surface area contributed by atoms with E-state index in [4.69, 9.17) is 5.73 Å². The highest BCUT2D eigenvalue weighted by Gasteiger charge is 2.42. The predicted octanol–water partition coefficient (Wildman–Crippen LogP) is 3.90. The van der Waals surface area contributed by atoms with Gasteiger partial charge in [-0.2, -0.15) is 0 Å². The fourth-order valence-electron chi connectivity index (χ4n) is 4.68. The average Bonchev–Trinajstić information content (AvgIpc) is 2.76. The molecule has 1 aliphatic heterocycles. The molecule has 1 saturated carbocycles. The van der Waals surface area contributed by atoms with Gasteiger partial charge in [-0.05, 0) is 62.3 Å². The molecule has 118 valence electrons. The highest BCUT2D eigenvalue weighted by molar-refractivity contribution is 4.95. The largest absolute Gasteiger partial charge is 0.330 e.